The largest absolute Gasteiger partial charge is 0.277 e. The number of carbonyl (C=O) groups is 1. The van der Waals surface area contributed by atoms with Crippen LogP contribution >= 0.6 is 0 Å². The van der Waals surface area contributed by atoms with Gasteiger partial charge >= 0.3 is 0 Å². The van der Waals surface area contributed by atoms with Gasteiger partial charge in [-0.1, -0.05) is 41.5 Å². The molecule has 0 unspecified atom stereocenters. The summed E-state index contributed by atoms with van der Waals surface area (Å²) in [7, 11) is 0. The van der Waals surface area contributed by atoms with Gasteiger partial charge < -0.3 is 0 Å². The highest BCUT2D eigenvalue weighted by Gasteiger charge is 2.08. The molecule has 2 aromatic carbocycles. The van der Waals surface area contributed by atoms with Crippen LogP contribution in [0.2, 0.25) is 0 Å². The molecule has 0 atom stereocenters. The van der Waals surface area contributed by atoms with Gasteiger partial charge in [0.1, 0.15) is 0 Å². The molecule has 3 aromatic rings. The molecule has 25 heavy (non-hydrogen) atoms. The van der Waals surface area contributed by atoms with Crippen molar-refractivity contribution in [1.82, 2.24) is 15.0 Å². The van der Waals surface area contributed by atoms with E-state index in [1.165, 1.54) is 24.3 Å². The number of ketones is 1. The molecule has 0 radical (unpaired) electrons. The number of rotatable bonds is 4. The van der Waals surface area contributed by atoms with E-state index in [9.17, 15) is 14.9 Å². The van der Waals surface area contributed by atoms with E-state index >= 15 is 0 Å². The van der Waals surface area contributed by atoms with Crippen molar-refractivity contribution in [3.63, 3.8) is 0 Å². The van der Waals surface area contributed by atoms with Crippen molar-refractivity contribution in [2.45, 2.75) is 6.54 Å². The van der Waals surface area contributed by atoms with E-state index in [1.54, 1.807) is 10.9 Å². The number of aromatic nitrogens is 3. The average molecular weight is 332 g/mol. The van der Waals surface area contributed by atoms with Gasteiger partial charge in [-0.05, 0) is 23.6 Å². The molecule has 1 aromatic heterocycles. The van der Waals surface area contributed by atoms with Gasteiger partial charge in [0, 0.05) is 17.7 Å². The van der Waals surface area contributed by atoms with Crippen LogP contribution in [0.3, 0.4) is 0 Å². The van der Waals surface area contributed by atoms with Gasteiger partial charge in [0.05, 0.1) is 17.7 Å². The van der Waals surface area contributed by atoms with Crippen LogP contribution in [0.4, 0.5) is 5.69 Å². The highest BCUT2D eigenvalue weighted by Crippen LogP contribution is 2.11. The summed E-state index contributed by atoms with van der Waals surface area (Å²) in [5, 5.41) is 18.3. The zero-order valence-corrected chi connectivity index (χ0v) is 13.0. The van der Waals surface area contributed by atoms with E-state index in [1.807, 2.05) is 30.3 Å². The molecular formula is C18H12N4O3. The van der Waals surface area contributed by atoms with E-state index in [-0.39, 0.29) is 11.4 Å². The Morgan fingerprint density at radius 3 is 2.52 bits per heavy atom. The predicted molar refractivity (Wildman–Crippen MR) is 89.9 cm³/mol. The summed E-state index contributed by atoms with van der Waals surface area (Å²) in [5.41, 5.74) is 1.69. The molecule has 0 aliphatic carbocycles. The second-order valence-electron chi connectivity index (χ2n) is 5.17. The van der Waals surface area contributed by atoms with Gasteiger partial charge in [-0.2, -0.15) is 0 Å². The van der Waals surface area contributed by atoms with Crippen LogP contribution < -0.4 is 0 Å². The number of hydrogen-bond acceptors (Lipinski definition) is 5. The highest BCUT2D eigenvalue weighted by atomic mass is 16.6. The predicted octanol–water partition coefficient (Wildman–Crippen LogP) is 2.47. The molecule has 3 rings (SSSR count). The Morgan fingerprint density at radius 1 is 1.12 bits per heavy atom. The summed E-state index contributed by atoms with van der Waals surface area (Å²) in [6.45, 7) is 0.511. The molecule has 7 nitrogen and oxygen atoms in total. The molecule has 0 bridgehead atoms. The summed E-state index contributed by atoms with van der Waals surface area (Å²) >= 11 is 0. The standard InChI is InChI=1S/C18H12N4O3/c23-18(11-8-14-6-9-16(10-7-14)22(24)25)17-13-21(20-19-17)12-15-4-2-1-3-5-15/h1-7,9-10,13H,12H2. The SMILES string of the molecule is O=C(C#Cc1ccc([N+](=O)[O-])cc1)c1cn(Cc2ccccc2)nn1. The molecule has 1 heterocycles. The van der Waals surface area contributed by atoms with Crippen LogP contribution in [0.25, 0.3) is 0 Å². The molecule has 0 saturated heterocycles. The Labute approximate surface area is 143 Å². The minimum absolute atomic E-state index is 0.0271. The number of carbonyl (C=O) groups excluding carboxylic acids is 1. The lowest BCUT2D eigenvalue weighted by molar-refractivity contribution is -0.384. The number of hydrogen-bond donors (Lipinski definition) is 0. The Kier molecular flexibility index (Phi) is 4.62. The first-order valence-electron chi connectivity index (χ1n) is 7.37. The van der Waals surface area contributed by atoms with Crippen LogP contribution in [0.1, 0.15) is 21.6 Å². The molecule has 7 heteroatoms. The first kappa shape index (κ1) is 16.1. The van der Waals surface area contributed by atoms with Crippen LogP contribution in [0.5, 0.6) is 0 Å². The Balaban J connectivity index is 1.69. The van der Waals surface area contributed by atoms with Gasteiger partial charge in [0.15, 0.2) is 5.69 Å². The van der Waals surface area contributed by atoms with E-state index in [4.69, 9.17) is 0 Å². The zero-order chi connectivity index (χ0) is 17.6. The first-order chi connectivity index (χ1) is 12.1. The van der Waals surface area contributed by atoms with Gasteiger partial charge in [-0.15, -0.1) is 5.10 Å². The zero-order valence-electron chi connectivity index (χ0n) is 13.0. The number of nitro groups is 1. The van der Waals surface area contributed by atoms with Crippen molar-refractivity contribution in [1.29, 1.82) is 0 Å². The topological polar surface area (TPSA) is 90.9 Å². The van der Waals surface area contributed by atoms with Gasteiger partial charge in [0.2, 0.25) is 0 Å². The quantitative estimate of drug-likeness (QED) is 0.317. The van der Waals surface area contributed by atoms with Crippen molar-refractivity contribution in [2.75, 3.05) is 0 Å². The minimum Gasteiger partial charge on any atom is -0.277 e. The van der Waals surface area contributed by atoms with E-state index in [0.29, 0.717) is 12.1 Å². The summed E-state index contributed by atoms with van der Waals surface area (Å²) in [6.07, 6.45) is 1.54. The van der Waals surface area contributed by atoms with Crippen LogP contribution in [-0.2, 0) is 6.54 Å². The fourth-order valence-corrected chi connectivity index (χ4v) is 2.11. The Bertz CT molecular complexity index is 967. The molecule has 0 amide bonds. The summed E-state index contributed by atoms with van der Waals surface area (Å²) in [4.78, 5) is 22.2. The van der Waals surface area contributed by atoms with Crippen molar-refractivity contribution in [3.05, 3.63) is 87.7 Å². The molecule has 0 aliphatic heterocycles. The van der Waals surface area contributed by atoms with E-state index in [2.05, 4.69) is 22.2 Å². The lowest BCUT2D eigenvalue weighted by atomic mass is 10.2. The maximum atomic E-state index is 12.1. The van der Waals surface area contributed by atoms with Crippen molar-refractivity contribution < 1.29 is 9.72 Å². The first-order valence-corrected chi connectivity index (χ1v) is 7.37. The van der Waals surface area contributed by atoms with Gasteiger partial charge in [0.25, 0.3) is 11.5 Å². The fourth-order valence-electron chi connectivity index (χ4n) is 2.11. The second-order valence-corrected chi connectivity index (χ2v) is 5.17. The molecule has 122 valence electrons. The Hall–Kier alpha value is -3.79. The summed E-state index contributed by atoms with van der Waals surface area (Å²) in [5.74, 6) is 4.67. The maximum absolute atomic E-state index is 12.1. The third kappa shape index (κ3) is 4.14. The van der Waals surface area contributed by atoms with Crippen molar-refractivity contribution in [2.24, 2.45) is 0 Å². The third-order valence-corrected chi connectivity index (χ3v) is 3.36. The molecular weight excluding hydrogens is 320 g/mol. The molecule has 0 spiro atoms. The maximum Gasteiger partial charge on any atom is 0.269 e. The van der Waals surface area contributed by atoms with Crippen LogP contribution in [-0.4, -0.2) is 25.7 Å². The Morgan fingerprint density at radius 2 is 1.84 bits per heavy atom. The number of benzene rings is 2. The fraction of sp³-hybridized carbons (Fsp3) is 0.0556. The molecule has 0 N–H and O–H groups in total. The number of non-ortho nitro benzene ring substituents is 1. The van der Waals surface area contributed by atoms with E-state index < -0.39 is 10.7 Å². The number of Topliss-reactive ketones (excluding diaryl/α,β-unsaturated/α-hetero) is 1. The normalized spacial score (nSPS) is 9.92. The molecule has 0 fully saturated rings. The van der Waals surface area contributed by atoms with Crippen molar-refractivity contribution in [3.8, 4) is 11.8 Å². The monoisotopic (exact) mass is 332 g/mol. The van der Waals surface area contributed by atoms with Crippen LogP contribution in [0.15, 0.2) is 60.8 Å². The second kappa shape index (κ2) is 7.19. The van der Waals surface area contributed by atoms with Gasteiger partial charge in [-0.25, -0.2) is 4.68 Å². The summed E-state index contributed by atoms with van der Waals surface area (Å²) < 4.78 is 1.57. The molecule has 0 saturated carbocycles. The average Bonchev–Trinajstić information content (AvgIpc) is 3.09. The summed E-state index contributed by atoms with van der Waals surface area (Å²) in [6, 6.07) is 15.3. The lowest BCUT2D eigenvalue weighted by Gasteiger charge is -1.98. The smallest absolute Gasteiger partial charge is 0.269 e. The van der Waals surface area contributed by atoms with Crippen molar-refractivity contribution >= 4 is 11.5 Å². The minimum atomic E-state index is -0.493. The third-order valence-electron chi connectivity index (χ3n) is 3.36. The van der Waals surface area contributed by atoms with E-state index in [0.717, 1.165) is 5.56 Å². The molecule has 0 aliphatic rings. The van der Waals surface area contributed by atoms with Crippen LogP contribution in [0, 0.1) is 22.0 Å². The lowest BCUT2D eigenvalue weighted by Crippen LogP contribution is -2.00. The number of nitro benzene ring substituents is 1. The highest BCUT2D eigenvalue weighted by molar-refractivity contribution is 6.07. The van der Waals surface area contributed by atoms with Gasteiger partial charge in [-0.3, -0.25) is 14.9 Å². The number of nitrogens with zero attached hydrogens (tertiary/aromatic N) is 4.